The average Bonchev–Trinajstić information content (AvgIpc) is 2.75. The van der Waals surface area contributed by atoms with Crippen LogP contribution in [0.5, 0.6) is 0 Å². The van der Waals surface area contributed by atoms with Gasteiger partial charge in [-0.25, -0.2) is 17.5 Å². The number of methoxy groups -OCH3 is 1. The first-order chi connectivity index (χ1) is 14.8. The van der Waals surface area contributed by atoms with E-state index in [1.807, 2.05) is 0 Å². The van der Waals surface area contributed by atoms with Gasteiger partial charge >= 0.3 is 0 Å². The van der Waals surface area contributed by atoms with Crippen molar-refractivity contribution in [1.29, 1.82) is 0 Å². The van der Waals surface area contributed by atoms with Gasteiger partial charge in [-0.1, -0.05) is 12.1 Å². The lowest BCUT2D eigenvalue weighted by atomic mass is 9.73. The molecule has 2 aromatic carbocycles. The van der Waals surface area contributed by atoms with E-state index in [4.69, 9.17) is 9.47 Å². The molecule has 1 fully saturated rings. The molecule has 9 heteroatoms. The summed E-state index contributed by atoms with van der Waals surface area (Å²) in [5.74, 6) is -0.596. The van der Waals surface area contributed by atoms with Gasteiger partial charge in [-0.3, -0.25) is 4.79 Å². The monoisotopic (exact) mass is 450 g/mol. The van der Waals surface area contributed by atoms with Crippen molar-refractivity contribution in [2.75, 3.05) is 32.2 Å². The Labute approximate surface area is 182 Å². The Balaban J connectivity index is 1.78. The first-order valence-electron chi connectivity index (χ1n) is 10.0. The minimum absolute atomic E-state index is 0.0905. The molecular weight excluding hydrogens is 423 g/mol. The maximum absolute atomic E-state index is 13.4. The fourth-order valence-corrected chi connectivity index (χ4v) is 4.95. The van der Waals surface area contributed by atoms with Gasteiger partial charge in [0.15, 0.2) is 0 Å². The summed E-state index contributed by atoms with van der Waals surface area (Å²) in [5.41, 5.74) is 0.362. The number of halogens is 1. The first-order valence-corrected chi connectivity index (χ1v) is 11.5. The molecule has 0 aromatic heterocycles. The van der Waals surface area contributed by atoms with Crippen molar-refractivity contribution in [1.82, 2.24) is 4.72 Å². The Bertz CT molecular complexity index is 988. The van der Waals surface area contributed by atoms with Gasteiger partial charge in [0.25, 0.3) is 0 Å². The molecule has 0 spiro atoms. The minimum Gasteiger partial charge on any atom is -0.383 e. The van der Waals surface area contributed by atoms with Gasteiger partial charge in [0, 0.05) is 32.1 Å². The van der Waals surface area contributed by atoms with Crippen LogP contribution in [-0.4, -0.2) is 47.3 Å². The number of ether oxygens (including phenoxy) is 2. The van der Waals surface area contributed by atoms with E-state index in [-0.39, 0.29) is 29.3 Å². The standard InChI is InChI=1S/C22H27FN2O5S/c1-16(15-29-2)25-31(27,28)20-9-7-19(8-10-20)24-21(26)22(11-13-30-14-12-22)17-3-5-18(23)6-4-17/h3-10,16,25H,11-15H2,1-2H3,(H,24,26). The normalized spacial score (nSPS) is 17.1. The highest BCUT2D eigenvalue weighted by molar-refractivity contribution is 7.89. The van der Waals surface area contributed by atoms with Crippen LogP contribution in [0.4, 0.5) is 10.1 Å². The Morgan fingerprint density at radius 2 is 1.74 bits per heavy atom. The van der Waals surface area contributed by atoms with Crippen molar-refractivity contribution in [3.05, 3.63) is 59.9 Å². The number of nitrogens with one attached hydrogen (secondary N) is 2. The van der Waals surface area contributed by atoms with Crippen LogP contribution in [0.2, 0.25) is 0 Å². The SMILES string of the molecule is COCC(C)NS(=O)(=O)c1ccc(NC(=O)C2(c3ccc(F)cc3)CCOCC2)cc1. The molecule has 0 bridgehead atoms. The summed E-state index contributed by atoms with van der Waals surface area (Å²) in [6.07, 6.45) is 0.941. The van der Waals surface area contributed by atoms with Crippen LogP contribution in [0.25, 0.3) is 0 Å². The second-order valence-corrected chi connectivity index (χ2v) is 9.37. The molecule has 168 valence electrons. The Morgan fingerprint density at radius 3 is 2.32 bits per heavy atom. The number of benzene rings is 2. The van der Waals surface area contributed by atoms with E-state index in [9.17, 15) is 17.6 Å². The molecule has 1 unspecified atom stereocenters. The van der Waals surface area contributed by atoms with E-state index < -0.39 is 15.4 Å². The van der Waals surface area contributed by atoms with Gasteiger partial charge in [0.2, 0.25) is 15.9 Å². The van der Waals surface area contributed by atoms with Crippen LogP contribution in [-0.2, 0) is 29.7 Å². The number of hydrogen-bond donors (Lipinski definition) is 2. The van der Waals surface area contributed by atoms with Crippen molar-refractivity contribution in [2.24, 2.45) is 0 Å². The van der Waals surface area contributed by atoms with Gasteiger partial charge in [0.05, 0.1) is 16.9 Å². The van der Waals surface area contributed by atoms with Crippen molar-refractivity contribution in [3.63, 3.8) is 0 Å². The molecule has 0 saturated carbocycles. The summed E-state index contributed by atoms with van der Waals surface area (Å²) < 4.78 is 51.2. The fraction of sp³-hybridized carbons (Fsp3) is 0.409. The lowest BCUT2D eigenvalue weighted by Crippen LogP contribution is -2.44. The summed E-state index contributed by atoms with van der Waals surface area (Å²) in [4.78, 5) is 13.4. The number of amides is 1. The average molecular weight is 451 g/mol. The minimum atomic E-state index is -3.70. The Hall–Kier alpha value is -2.33. The van der Waals surface area contributed by atoms with Gasteiger partial charge in [-0.2, -0.15) is 0 Å². The molecule has 31 heavy (non-hydrogen) atoms. The van der Waals surface area contributed by atoms with Crippen LogP contribution in [0, 0.1) is 5.82 Å². The fourth-order valence-electron chi connectivity index (χ4n) is 3.72. The van der Waals surface area contributed by atoms with Gasteiger partial charge in [0.1, 0.15) is 5.82 Å². The first kappa shape index (κ1) is 23.3. The van der Waals surface area contributed by atoms with E-state index >= 15 is 0 Å². The maximum Gasteiger partial charge on any atom is 0.240 e. The third kappa shape index (κ3) is 5.48. The summed E-state index contributed by atoms with van der Waals surface area (Å²) in [7, 11) is -2.20. The molecule has 1 atom stereocenters. The molecule has 1 aliphatic heterocycles. The summed E-state index contributed by atoms with van der Waals surface area (Å²) >= 11 is 0. The van der Waals surface area contributed by atoms with Crippen LogP contribution >= 0.6 is 0 Å². The van der Waals surface area contributed by atoms with Crippen molar-refractivity contribution < 1.29 is 27.1 Å². The van der Waals surface area contributed by atoms with Crippen molar-refractivity contribution in [2.45, 2.75) is 36.1 Å². The lowest BCUT2D eigenvalue weighted by molar-refractivity contribution is -0.125. The van der Waals surface area contributed by atoms with E-state index in [0.29, 0.717) is 31.7 Å². The van der Waals surface area contributed by atoms with Gasteiger partial charge in [-0.05, 0) is 61.7 Å². The molecule has 7 nitrogen and oxygen atoms in total. The number of anilines is 1. The summed E-state index contributed by atoms with van der Waals surface area (Å²) in [5, 5.41) is 2.88. The number of sulfonamides is 1. The molecule has 1 aliphatic rings. The van der Waals surface area contributed by atoms with E-state index in [2.05, 4.69) is 10.0 Å². The maximum atomic E-state index is 13.4. The van der Waals surface area contributed by atoms with Gasteiger partial charge in [-0.15, -0.1) is 0 Å². The number of hydrogen-bond acceptors (Lipinski definition) is 5. The molecule has 2 aromatic rings. The van der Waals surface area contributed by atoms with Gasteiger partial charge < -0.3 is 14.8 Å². The summed E-state index contributed by atoms with van der Waals surface area (Å²) in [6, 6.07) is 11.5. The predicted octanol–water partition coefficient (Wildman–Crippen LogP) is 2.83. The zero-order chi connectivity index (χ0) is 22.5. The Kier molecular flexibility index (Phi) is 7.42. The molecule has 2 N–H and O–H groups in total. The number of rotatable bonds is 8. The lowest BCUT2D eigenvalue weighted by Gasteiger charge is -2.36. The smallest absolute Gasteiger partial charge is 0.240 e. The molecule has 1 heterocycles. The highest BCUT2D eigenvalue weighted by Gasteiger charge is 2.41. The molecular formula is C22H27FN2O5S. The van der Waals surface area contributed by atoms with Crippen molar-refractivity contribution in [3.8, 4) is 0 Å². The molecule has 0 aliphatic carbocycles. The third-order valence-electron chi connectivity index (χ3n) is 5.37. The topological polar surface area (TPSA) is 93.7 Å². The molecule has 1 saturated heterocycles. The number of carbonyl (C=O) groups excluding carboxylic acids is 1. The zero-order valence-electron chi connectivity index (χ0n) is 17.6. The van der Waals surface area contributed by atoms with Crippen LogP contribution < -0.4 is 10.0 Å². The largest absolute Gasteiger partial charge is 0.383 e. The second kappa shape index (κ2) is 9.86. The third-order valence-corrected chi connectivity index (χ3v) is 6.98. The van der Waals surface area contributed by atoms with Crippen LogP contribution in [0.1, 0.15) is 25.3 Å². The number of carbonyl (C=O) groups is 1. The molecule has 0 radical (unpaired) electrons. The highest BCUT2D eigenvalue weighted by atomic mass is 32.2. The van der Waals surface area contributed by atoms with E-state index in [1.54, 1.807) is 31.2 Å². The summed E-state index contributed by atoms with van der Waals surface area (Å²) in [6.45, 7) is 2.81. The predicted molar refractivity (Wildman–Crippen MR) is 115 cm³/mol. The Morgan fingerprint density at radius 1 is 1.13 bits per heavy atom. The highest BCUT2D eigenvalue weighted by Crippen LogP contribution is 2.36. The second-order valence-electron chi connectivity index (χ2n) is 7.66. The van der Waals surface area contributed by atoms with Crippen molar-refractivity contribution >= 4 is 21.6 Å². The van der Waals surface area contributed by atoms with Crippen LogP contribution in [0.3, 0.4) is 0 Å². The van der Waals surface area contributed by atoms with Crippen LogP contribution in [0.15, 0.2) is 53.4 Å². The molecule has 1 amide bonds. The van der Waals surface area contributed by atoms with E-state index in [1.165, 1.54) is 31.4 Å². The molecule has 3 rings (SSSR count). The van der Waals surface area contributed by atoms with E-state index in [0.717, 1.165) is 5.56 Å². The zero-order valence-corrected chi connectivity index (χ0v) is 18.4. The quantitative estimate of drug-likeness (QED) is 0.645.